The van der Waals surface area contributed by atoms with Crippen molar-refractivity contribution in [3.63, 3.8) is 0 Å². The van der Waals surface area contributed by atoms with Gasteiger partial charge in [-0.3, -0.25) is 9.69 Å². The van der Waals surface area contributed by atoms with E-state index in [9.17, 15) is 4.79 Å². The van der Waals surface area contributed by atoms with E-state index in [2.05, 4.69) is 16.3 Å². The normalized spacial score (nSPS) is 23.5. The molecule has 0 radical (unpaired) electrons. The van der Waals surface area contributed by atoms with Crippen LogP contribution in [0.1, 0.15) is 23.8 Å². The molecule has 2 rings (SSSR count). The number of carbonyl (C=O) groups excluding carboxylic acids is 1. The first-order valence-corrected chi connectivity index (χ1v) is 6.87. The van der Waals surface area contributed by atoms with E-state index in [1.165, 1.54) is 4.88 Å². The Kier molecular flexibility index (Phi) is 4.15. The Bertz CT molecular complexity index is 366. The number of rotatable bonds is 4. The molecule has 5 heteroatoms. The van der Waals surface area contributed by atoms with Gasteiger partial charge in [0.1, 0.15) is 0 Å². The first-order chi connectivity index (χ1) is 8.22. The van der Waals surface area contributed by atoms with Gasteiger partial charge < -0.3 is 11.5 Å². The Hall–Kier alpha value is -0.910. The largest absolute Gasteiger partial charge is 0.369 e. The van der Waals surface area contributed by atoms with Crippen LogP contribution in [0.25, 0.3) is 0 Å². The monoisotopic (exact) mass is 253 g/mol. The lowest BCUT2D eigenvalue weighted by Crippen LogP contribution is -2.44. The molecule has 1 aliphatic rings. The van der Waals surface area contributed by atoms with Crippen LogP contribution in [0.3, 0.4) is 0 Å². The molecule has 4 N–H and O–H groups in total. The minimum Gasteiger partial charge on any atom is -0.369 e. The quantitative estimate of drug-likeness (QED) is 0.839. The topological polar surface area (TPSA) is 72.3 Å². The summed E-state index contributed by atoms with van der Waals surface area (Å²) in [5.41, 5.74) is 11.3. The number of likely N-dealkylation sites (tertiary alicyclic amines) is 1. The van der Waals surface area contributed by atoms with Crippen molar-refractivity contribution in [1.82, 2.24) is 4.90 Å². The van der Waals surface area contributed by atoms with Crippen molar-refractivity contribution in [2.24, 2.45) is 17.4 Å². The minimum absolute atomic E-state index is 0.0160. The molecule has 2 heterocycles. The number of piperidine rings is 1. The molecule has 1 aromatic heterocycles. The van der Waals surface area contributed by atoms with Gasteiger partial charge in [0, 0.05) is 18.0 Å². The van der Waals surface area contributed by atoms with Gasteiger partial charge in [-0.25, -0.2) is 0 Å². The molecule has 1 saturated heterocycles. The number of amides is 1. The minimum atomic E-state index is -0.184. The molecule has 0 spiro atoms. The van der Waals surface area contributed by atoms with Gasteiger partial charge in [0.2, 0.25) is 5.91 Å². The average molecular weight is 253 g/mol. The molecule has 17 heavy (non-hydrogen) atoms. The molecular weight excluding hydrogens is 234 g/mol. The fourth-order valence-electron chi connectivity index (χ4n) is 2.45. The predicted octanol–water partition coefficient (Wildman–Crippen LogP) is 0.945. The van der Waals surface area contributed by atoms with Crippen LogP contribution in [0, 0.1) is 5.92 Å². The zero-order valence-corrected chi connectivity index (χ0v) is 10.7. The molecule has 2 unspecified atom stereocenters. The molecule has 1 fully saturated rings. The second-order valence-corrected chi connectivity index (χ2v) is 5.48. The van der Waals surface area contributed by atoms with Crippen LogP contribution in [0.2, 0.25) is 0 Å². The van der Waals surface area contributed by atoms with Gasteiger partial charge in [0.05, 0.1) is 12.0 Å². The van der Waals surface area contributed by atoms with Gasteiger partial charge in [0.15, 0.2) is 0 Å². The molecule has 1 aliphatic heterocycles. The molecule has 4 nitrogen and oxygen atoms in total. The molecular formula is C12H19N3OS. The third-order valence-corrected chi connectivity index (χ3v) is 4.36. The lowest BCUT2D eigenvalue weighted by molar-refractivity contribution is -0.123. The van der Waals surface area contributed by atoms with E-state index in [-0.39, 0.29) is 17.9 Å². The standard InChI is InChI=1S/C12H19N3OS/c13-7-10(11-4-2-6-17-11)15-5-1-3-9(8-15)12(14)16/h2,4,6,9-10H,1,3,5,7-8,13H2,(H2,14,16). The molecule has 1 aromatic rings. The molecule has 94 valence electrons. The van der Waals surface area contributed by atoms with Gasteiger partial charge in [-0.2, -0.15) is 0 Å². The van der Waals surface area contributed by atoms with E-state index in [0.717, 1.165) is 25.9 Å². The molecule has 0 aliphatic carbocycles. The summed E-state index contributed by atoms with van der Waals surface area (Å²) < 4.78 is 0. The number of hydrogen-bond acceptors (Lipinski definition) is 4. The number of primary amides is 1. The SMILES string of the molecule is NCC(c1cccs1)N1CCCC(C(N)=O)C1. The summed E-state index contributed by atoms with van der Waals surface area (Å²) in [6.07, 6.45) is 1.93. The van der Waals surface area contributed by atoms with Crippen molar-refractivity contribution < 1.29 is 4.79 Å². The fraction of sp³-hybridized carbons (Fsp3) is 0.583. The molecule has 0 saturated carbocycles. The van der Waals surface area contributed by atoms with Crippen molar-refractivity contribution in [1.29, 1.82) is 0 Å². The van der Waals surface area contributed by atoms with Crippen LogP contribution in [-0.2, 0) is 4.79 Å². The number of thiophene rings is 1. The van der Waals surface area contributed by atoms with Crippen LogP contribution in [0.5, 0.6) is 0 Å². The van der Waals surface area contributed by atoms with Crippen molar-refractivity contribution in [3.05, 3.63) is 22.4 Å². The first-order valence-electron chi connectivity index (χ1n) is 5.99. The Balaban J connectivity index is 2.07. The van der Waals surface area contributed by atoms with E-state index >= 15 is 0 Å². The number of carbonyl (C=O) groups is 1. The van der Waals surface area contributed by atoms with Crippen LogP contribution in [0.4, 0.5) is 0 Å². The van der Waals surface area contributed by atoms with Gasteiger partial charge in [0.25, 0.3) is 0 Å². The van der Waals surface area contributed by atoms with E-state index < -0.39 is 0 Å². The second kappa shape index (κ2) is 5.62. The van der Waals surface area contributed by atoms with Crippen molar-refractivity contribution in [3.8, 4) is 0 Å². The highest BCUT2D eigenvalue weighted by Crippen LogP contribution is 2.28. The van der Waals surface area contributed by atoms with Crippen LogP contribution in [-0.4, -0.2) is 30.4 Å². The van der Waals surface area contributed by atoms with E-state index in [1.54, 1.807) is 11.3 Å². The Morgan fingerprint density at radius 2 is 2.47 bits per heavy atom. The number of hydrogen-bond donors (Lipinski definition) is 2. The van der Waals surface area contributed by atoms with Gasteiger partial charge in [-0.15, -0.1) is 11.3 Å². The van der Waals surface area contributed by atoms with Crippen LogP contribution >= 0.6 is 11.3 Å². The molecule has 1 amide bonds. The van der Waals surface area contributed by atoms with Crippen molar-refractivity contribution in [2.75, 3.05) is 19.6 Å². The van der Waals surface area contributed by atoms with Crippen molar-refractivity contribution >= 4 is 17.2 Å². The third kappa shape index (κ3) is 2.86. The summed E-state index contributed by atoms with van der Waals surface area (Å²) in [6.45, 7) is 2.34. The van der Waals surface area contributed by atoms with Crippen LogP contribution < -0.4 is 11.5 Å². The lowest BCUT2D eigenvalue weighted by atomic mass is 9.96. The van der Waals surface area contributed by atoms with E-state index in [0.29, 0.717) is 6.54 Å². The zero-order valence-electron chi connectivity index (χ0n) is 9.84. The summed E-state index contributed by atoms with van der Waals surface area (Å²) in [6, 6.07) is 4.38. The Morgan fingerprint density at radius 3 is 3.06 bits per heavy atom. The third-order valence-electron chi connectivity index (χ3n) is 3.39. The summed E-state index contributed by atoms with van der Waals surface area (Å²) >= 11 is 1.72. The highest BCUT2D eigenvalue weighted by atomic mass is 32.1. The zero-order chi connectivity index (χ0) is 12.3. The summed E-state index contributed by atoms with van der Waals surface area (Å²) in [7, 11) is 0. The summed E-state index contributed by atoms with van der Waals surface area (Å²) in [5, 5.41) is 2.06. The summed E-state index contributed by atoms with van der Waals surface area (Å²) in [4.78, 5) is 14.8. The number of nitrogens with two attached hydrogens (primary N) is 2. The second-order valence-electron chi connectivity index (χ2n) is 4.50. The number of nitrogens with zero attached hydrogens (tertiary/aromatic N) is 1. The first kappa shape index (κ1) is 12.5. The van der Waals surface area contributed by atoms with Crippen molar-refractivity contribution in [2.45, 2.75) is 18.9 Å². The lowest BCUT2D eigenvalue weighted by Gasteiger charge is -2.36. The maximum absolute atomic E-state index is 11.3. The molecule has 2 atom stereocenters. The maximum Gasteiger partial charge on any atom is 0.221 e. The van der Waals surface area contributed by atoms with Crippen LogP contribution in [0.15, 0.2) is 17.5 Å². The Labute approximate surface area is 106 Å². The fourth-order valence-corrected chi connectivity index (χ4v) is 3.32. The molecule has 0 aromatic carbocycles. The predicted molar refractivity (Wildman–Crippen MR) is 69.6 cm³/mol. The van der Waals surface area contributed by atoms with Gasteiger partial charge >= 0.3 is 0 Å². The smallest absolute Gasteiger partial charge is 0.221 e. The highest BCUT2D eigenvalue weighted by molar-refractivity contribution is 7.10. The average Bonchev–Trinajstić information content (AvgIpc) is 2.84. The van der Waals surface area contributed by atoms with Gasteiger partial charge in [-0.1, -0.05) is 6.07 Å². The Morgan fingerprint density at radius 1 is 1.65 bits per heavy atom. The summed E-state index contributed by atoms with van der Waals surface area (Å²) in [5.74, 6) is -0.200. The molecule has 0 bridgehead atoms. The highest BCUT2D eigenvalue weighted by Gasteiger charge is 2.29. The van der Waals surface area contributed by atoms with E-state index in [1.807, 2.05) is 6.07 Å². The van der Waals surface area contributed by atoms with Gasteiger partial charge in [-0.05, 0) is 30.8 Å². The maximum atomic E-state index is 11.3. The van der Waals surface area contributed by atoms with E-state index in [4.69, 9.17) is 11.5 Å².